The molecule has 4 aromatic rings. The minimum Gasteiger partial charge on any atom is -0.346 e. The summed E-state index contributed by atoms with van der Waals surface area (Å²) in [5, 5.41) is 6.99. The van der Waals surface area contributed by atoms with Crippen LogP contribution in [0.3, 0.4) is 0 Å². The zero-order valence-corrected chi connectivity index (χ0v) is 18.0. The third-order valence-corrected chi connectivity index (χ3v) is 5.27. The lowest BCUT2D eigenvalue weighted by molar-refractivity contribution is 0.0941. The topological polar surface area (TPSA) is 86.0 Å². The molecule has 0 aliphatic heterocycles. The number of nitrogens with one attached hydrogen (secondary N) is 1. The summed E-state index contributed by atoms with van der Waals surface area (Å²) in [7, 11) is 0. The normalized spacial score (nSPS) is 10.7. The summed E-state index contributed by atoms with van der Waals surface area (Å²) in [5.74, 6) is -1.23. The van der Waals surface area contributed by atoms with Crippen molar-refractivity contribution in [3.63, 3.8) is 0 Å². The van der Waals surface area contributed by atoms with Gasteiger partial charge in [-0.25, -0.2) is 9.18 Å². The summed E-state index contributed by atoms with van der Waals surface area (Å²) in [6.45, 7) is -0.163. The summed E-state index contributed by atoms with van der Waals surface area (Å²) < 4.78 is 15.3. The van der Waals surface area contributed by atoms with Gasteiger partial charge in [-0.1, -0.05) is 60.1 Å². The molecular weight excluding hydrogens is 447 g/mol. The standard InChI is InChI=1S/C24H18ClFN4O3/c25-20-12-5-4-8-17(20)15-29-23(32)21(22(31)27-14-16-7-6-9-18(26)13-16)28-30(24(29)33)19-10-2-1-3-11-19/h1-13H,14-15H2,(H,27,31). The Balaban J connectivity index is 1.77. The number of para-hydroxylation sites is 1. The van der Waals surface area contributed by atoms with Gasteiger partial charge in [-0.05, 0) is 41.5 Å². The van der Waals surface area contributed by atoms with Crippen LogP contribution in [0.4, 0.5) is 4.39 Å². The molecule has 1 amide bonds. The summed E-state index contributed by atoms with van der Waals surface area (Å²) in [4.78, 5) is 39.1. The quantitative estimate of drug-likeness (QED) is 0.475. The number of carbonyl (C=O) groups is 1. The summed E-state index contributed by atoms with van der Waals surface area (Å²) in [5.41, 5.74) is -0.612. The number of nitrogens with zero attached hydrogens (tertiary/aromatic N) is 3. The molecule has 7 nitrogen and oxygen atoms in total. The van der Waals surface area contributed by atoms with Crippen LogP contribution in [0.5, 0.6) is 0 Å². The highest BCUT2D eigenvalue weighted by Gasteiger charge is 2.21. The van der Waals surface area contributed by atoms with Crippen LogP contribution >= 0.6 is 11.6 Å². The second kappa shape index (κ2) is 9.62. The van der Waals surface area contributed by atoms with Gasteiger partial charge in [0.25, 0.3) is 11.5 Å². The Bertz CT molecular complexity index is 1430. The summed E-state index contributed by atoms with van der Waals surface area (Å²) in [6, 6.07) is 20.9. The molecule has 1 aromatic heterocycles. The third kappa shape index (κ3) is 4.91. The predicted octanol–water partition coefficient (Wildman–Crippen LogP) is 3.17. The fourth-order valence-electron chi connectivity index (χ4n) is 3.24. The van der Waals surface area contributed by atoms with Crippen LogP contribution in [0.25, 0.3) is 5.69 Å². The van der Waals surface area contributed by atoms with Crippen molar-refractivity contribution in [2.75, 3.05) is 0 Å². The Morgan fingerprint density at radius 3 is 2.42 bits per heavy atom. The van der Waals surface area contributed by atoms with Crippen molar-refractivity contribution in [3.05, 3.63) is 127 Å². The highest BCUT2D eigenvalue weighted by molar-refractivity contribution is 6.31. The second-order valence-corrected chi connectivity index (χ2v) is 7.58. The molecule has 33 heavy (non-hydrogen) atoms. The molecule has 9 heteroatoms. The molecular formula is C24H18ClFN4O3. The molecule has 0 unspecified atom stereocenters. The Hall–Kier alpha value is -4.04. The number of hydrogen-bond acceptors (Lipinski definition) is 4. The van der Waals surface area contributed by atoms with Gasteiger partial charge in [-0.3, -0.25) is 14.2 Å². The largest absolute Gasteiger partial charge is 0.352 e. The van der Waals surface area contributed by atoms with Crippen molar-refractivity contribution >= 4 is 17.5 Å². The van der Waals surface area contributed by atoms with E-state index in [0.717, 1.165) is 9.25 Å². The molecule has 0 aliphatic carbocycles. The predicted molar refractivity (Wildman–Crippen MR) is 122 cm³/mol. The molecule has 1 N–H and O–H groups in total. The van der Waals surface area contributed by atoms with Crippen molar-refractivity contribution in [3.8, 4) is 5.69 Å². The van der Waals surface area contributed by atoms with E-state index >= 15 is 0 Å². The highest BCUT2D eigenvalue weighted by Crippen LogP contribution is 2.15. The number of carbonyl (C=O) groups excluding carboxylic acids is 1. The Labute approximate surface area is 192 Å². The molecule has 0 bridgehead atoms. The van der Waals surface area contributed by atoms with Gasteiger partial charge < -0.3 is 5.32 Å². The second-order valence-electron chi connectivity index (χ2n) is 7.17. The van der Waals surface area contributed by atoms with Gasteiger partial charge in [0.15, 0.2) is 0 Å². The van der Waals surface area contributed by atoms with E-state index in [1.807, 2.05) is 0 Å². The van der Waals surface area contributed by atoms with Gasteiger partial charge in [0, 0.05) is 11.6 Å². The number of amides is 1. The van der Waals surface area contributed by atoms with Crippen LogP contribution in [0.1, 0.15) is 21.6 Å². The average molecular weight is 465 g/mol. The van der Waals surface area contributed by atoms with E-state index in [9.17, 15) is 18.8 Å². The van der Waals surface area contributed by atoms with Gasteiger partial charge in [-0.15, -0.1) is 0 Å². The van der Waals surface area contributed by atoms with Gasteiger partial charge in [-0.2, -0.15) is 9.78 Å². The summed E-state index contributed by atoms with van der Waals surface area (Å²) in [6.07, 6.45) is 0. The fourth-order valence-corrected chi connectivity index (χ4v) is 3.44. The van der Waals surface area contributed by atoms with Gasteiger partial charge in [0.2, 0.25) is 5.69 Å². The van der Waals surface area contributed by atoms with Crippen molar-refractivity contribution in [1.82, 2.24) is 19.7 Å². The first-order chi connectivity index (χ1) is 15.9. The van der Waals surface area contributed by atoms with E-state index in [0.29, 0.717) is 21.8 Å². The smallest absolute Gasteiger partial charge is 0.346 e. The molecule has 3 aromatic carbocycles. The van der Waals surface area contributed by atoms with Crippen LogP contribution in [0, 0.1) is 5.82 Å². The van der Waals surface area contributed by atoms with Crippen LogP contribution in [0.15, 0.2) is 88.5 Å². The molecule has 0 fully saturated rings. The number of halogens is 2. The minimum atomic E-state index is -0.858. The zero-order valence-electron chi connectivity index (χ0n) is 17.2. The molecule has 1 heterocycles. The maximum atomic E-state index is 13.4. The molecule has 0 spiro atoms. The number of benzene rings is 3. The number of hydrogen-bond donors (Lipinski definition) is 1. The van der Waals surface area contributed by atoms with E-state index in [2.05, 4.69) is 10.4 Å². The number of rotatable bonds is 6. The van der Waals surface area contributed by atoms with E-state index < -0.39 is 28.7 Å². The Kier molecular flexibility index (Phi) is 6.46. The molecule has 0 saturated heterocycles. The highest BCUT2D eigenvalue weighted by atomic mass is 35.5. The average Bonchev–Trinajstić information content (AvgIpc) is 2.82. The van der Waals surface area contributed by atoms with Crippen LogP contribution in [0.2, 0.25) is 5.02 Å². The third-order valence-electron chi connectivity index (χ3n) is 4.90. The van der Waals surface area contributed by atoms with Gasteiger partial charge >= 0.3 is 5.69 Å². The van der Waals surface area contributed by atoms with Crippen molar-refractivity contribution in [1.29, 1.82) is 0 Å². The molecule has 0 radical (unpaired) electrons. The maximum Gasteiger partial charge on any atom is 0.352 e. The molecule has 4 rings (SSSR count). The number of aromatic nitrogens is 3. The molecule has 0 aliphatic rings. The fraction of sp³-hybridized carbons (Fsp3) is 0.0833. The first-order valence-electron chi connectivity index (χ1n) is 9.99. The van der Waals surface area contributed by atoms with Crippen LogP contribution in [-0.2, 0) is 13.1 Å². The van der Waals surface area contributed by atoms with E-state index in [1.165, 1.54) is 18.2 Å². The van der Waals surface area contributed by atoms with Crippen LogP contribution < -0.4 is 16.6 Å². The van der Waals surface area contributed by atoms with Crippen molar-refractivity contribution < 1.29 is 9.18 Å². The van der Waals surface area contributed by atoms with Gasteiger partial charge in [0.1, 0.15) is 5.82 Å². The van der Waals surface area contributed by atoms with Crippen LogP contribution in [-0.4, -0.2) is 20.3 Å². The monoisotopic (exact) mass is 464 g/mol. The molecule has 0 atom stereocenters. The zero-order chi connectivity index (χ0) is 23.4. The maximum absolute atomic E-state index is 13.4. The van der Waals surface area contributed by atoms with E-state index in [-0.39, 0.29) is 13.1 Å². The van der Waals surface area contributed by atoms with Crippen molar-refractivity contribution in [2.45, 2.75) is 13.1 Å². The lowest BCUT2D eigenvalue weighted by atomic mass is 10.2. The van der Waals surface area contributed by atoms with Gasteiger partial charge in [0.05, 0.1) is 12.2 Å². The summed E-state index contributed by atoms with van der Waals surface area (Å²) >= 11 is 6.22. The first kappa shape index (κ1) is 22.2. The first-order valence-corrected chi connectivity index (χ1v) is 10.4. The molecule has 166 valence electrons. The SMILES string of the molecule is O=C(NCc1cccc(F)c1)c1nn(-c2ccccc2)c(=O)n(Cc2ccccc2Cl)c1=O. The minimum absolute atomic E-state index is 0.0211. The Morgan fingerprint density at radius 2 is 1.70 bits per heavy atom. The molecule has 0 saturated carbocycles. The van der Waals surface area contributed by atoms with E-state index in [1.54, 1.807) is 60.7 Å². The van der Waals surface area contributed by atoms with E-state index in [4.69, 9.17) is 11.6 Å². The van der Waals surface area contributed by atoms with Crippen molar-refractivity contribution in [2.24, 2.45) is 0 Å². The lowest BCUT2D eigenvalue weighted by Gasteiger charge is -2.13. The lowest BCUT2D eigenvalue weighted by Crippen LogP contribution is -2.46. The Morgan fingerprint density at radius 1 is 0.970 bits per heavy atom.